The van der Waals surface area contributed by atoms with Gasteiger partial charge in [-0.05, 0) is 54.0 Å². The first-order valence-corrected chi connectivity index (χ1v) is 11.2. The van der Waals surface area contributed by atoms with Crippen molar-refractivity contribution in [2.75, 3.05) is 38.8 Å². The first-order valence-electron chi connectivity index (χ1n) is 8.79. The van der Waals surface area contributed by atoms with Crippen molar-refractivity contribution in [2.24, 2.45) is 0 Å². The number of morpholine rings is 1. The Labute approximate surface area is 165 Å². The molecule has 1 saturated heterocycles. The quantitative estimate of drug-likeness (QED) is 0.481. The van der Waals surface area contributed by atoms with E-state index in [1.165, 1.54) is 26.6 Å². The summed E-state index contributed by atoms with van der Waals surface area (Å²) in [6.45, 7) is 3.46. The molecule has 0 atom stereocenters. The number of nitrogens with zero attached hydrogens (tertiary/aromatic N) is 1. The van der Waals surface area contributed by atoms with E-state index < -0.39 is 0 Å². The fraction of sp³-hybridized carbons (Fsp3) is 0.273. The molecule has 0 aliphatic carbocycles. The molecule has 4 heteroatoms. The number of rotatable bonds is 6. The Balaban J connectivity index is 1.83. The van der Waals surface area contributed by atoms with E-state index in [1.54, 1.807) is 23.5 Å². The molecule has 0 radical (unpaired) electrons. The van der Waals surface area contributed by atoms with E-state index in [0.29, 0.717) is 0 Å². The van der Waals surface area contributed by atoms with Crippen LogP contribution in [0.3, 0.4) is 0 Å². The summed E-state index contributed by atoms with van der Waals surface area (Å²) < 4.78 is 5.53. The molecular formula is C22H25NOS2. The molecule has 26 heavy (non-hydrogen) atoms. The molecule has 2 aromatic rings. The van der Waals surface area contributed by atoms with E-state index in [1.807, 2.05) is 0 Å². The minimum Gasteiger partial charge on any atom is -0.378 e. The van der Waals surface area contributed by atoms with Gasteiger partial charge in [-0.1, -0.05) is 36.4 Å². The summed E-state index contributed by atoms with van der Waals surface area (Å²) in [5, 5.41) is 0. The topological polar surface area (TPSA) is 12.5 Å². The maximum atomic E-state index is 5.53. The molecule has 0 unspecified atom stereocenters. The Kier molecular flexibility index (Phi) is 7.30. The van der Waals surface area contributed by atoms with Gasteiger partial charge in [0.1, 0.15) is 0 Å². The molecule has 1 heterocycles. The number of thioether (sulfide) groups is 2. The van der Waals surface area contributed by atoms with Gasteiger partial charge >= 0.3 is 0 Å². The normalized spacial score (nSPS) is 15.6. The van der Waals surface area contributed by atoms with Crippen molar-refractivity contribution in [3.8, 4) is 0 Å². The summed E-state index contributed by atoms with van der Waals surface area (Å²) in [5.41, 5.74) is 3.74. The fourth-order valence-electron chi connectivity index (χ4n) is 2.92. The van der Waals surface area contributed by atoms with Gasteiger partial charge in [0.15, 0.2) is 0 Å². The molecule has 3 rings (SSSR count). The van der Waals surface area contributed by atoms with Crippen LogP contribution in [0.1, 0.15) is 11.1 Å². The summed E-state index contributed by atoms with van der Waals surface area (Å²) in [6, 6.07) is 17.5. The Morgan fingerprint density at radius 1 is 0.885 bits per heavy atom. The molecule has 0 saturated carbocycles. The van der Waals surface area contributed by atoms with Crippen LogP contribution in [0.15, 0.2) is 70.5 Å². The molecule has 1 aliphatic rings. The summed E-state index contributed by atoms with van der Waals surface area (Å²) in [7, 11) is 0. The van der Waals surface area contributed by atoms with Crippen LogP contribution in [-0.2, 0) is 4.74 Å². The van der Waals surface area contributed by atoms with Crippen LogP contribution in [0, 0.1) is 0 Å². The molecule has 0 aromatic heterocycles. The van der Waals surface area contributed by atoms with E-state index in [9.17, 15) is 0 Å². The second-order valence-electron chi connectivity index (χ2n) is 6.01. The summed E-state index contributed by atoms with van der Waals surface area (Å²) >= 11 is 3.54. The van der Waals surface area contributed by atoms with Gasteiger partial charge in [0, 0.05) is 28.6 Å². The smallest absolute Gasteiger partial charge is 0.0642 e. The van der Waals surface area contributed by atoms with Crippen molar-refractivity contribution in [1.29, 1.82) is 0 Å². The van der Waals surface area contributed by atoms with Gasteiger partial charge < -0.3 is 9.64 Å². The Morgan fingerprint density at radius 2 is 1.46 bits per heavy atom. The van der Waals surface area contributed by atoms with E-state index in [2.05, 4.69) is 84.2 Å². The zero-order chi connectivity index (χ0) is 18.2. The molecule has 2 nitrogen and oxygen atoms in total. The van der Waals surface area contributed by atoms with Crippen LogP contribution in [0.2, 0.25) is 0 Å². The van der Waals surface area contributed by atoms with Crippen LogP contribution in [0.25, 0.3) is 11.8 Å². The molecule has 136 valence electrons. The molecule has 2 aromatic carbocycles. The molecule has 0 spiro atoms. The average molecular weight is 384 g/mol. The number of hydrogen-bond acceptors (Lipinski definition) is 4. The van der Waals surface area contributed by atoms with E-state index in [4.69, 9.17) is 4.74 Å². The highest BCUT2D eigenvalue weighted by Gasteiger charge is 2.14. The monoisotopic (exact) mass is 383 g/mol. The van der Waals surface area contributed by atoms with Crippen molar-refractivity contribution >= 4 is 35.3 Å². The SMILES string of the molecule is CSc1ccc(/C=C/C=C(\c2ccc(SC)cc2)N2CCOCC2)cc1. The predicted octanol–water partition coefficient (Wildman–Crippen LogP) is 5.52. The number of hydrogen-bond donors (Lipinski definition) is 0. The minimum absolute atomic E-state index is 0.792. The maximum absolute atomic E-state index is 5.53. The largest absolute Gasteiger partial charge is 0.378 e. The number of allylic oxidation sites excluding steroid dienone is 2. The van der Waals surface area contributed by atoms with Gasteiger partial charge in [0.2, 0.25) is 0 Å². The first kappa shape index (κ1) is 19.2. The highest BCUT2D eigenvalue weighted by atomic mass is 32.2. The molecule has 0 N–H and O–H groups in total. The number of benzene rings is 2. The van der Waals surface area contributed by atoms with Crippen molar-refractivity contribution in [3.05, 3.63) is 71.8 Å². The molecule has 0 amide bonds. The predicted molar refractivity (Wildman–Crippen MR) is 116 cm³/mol. The van der Waals surface area contributed by atoms with Crippen molar-refractivity contribution in [1.82, 2.24) is 4.90 Å². The van der Waals surface area contributed by atoms with Crippen molar-refractivity contribution in [3.63, 3.8) is 0 Å². The van der Waals surface area contributed by atoms with Crippen LogP contribution < -0.4 is 0 Å². The Bertz CT molecular complexity index is 745. The van der Waals surface area contributed by atoms with E-state index >= 15 is 0 Å². The van der Waals surface area contributed by atoms with Gasteiger partial charge in [0.05, 0.1) is 13.2 Å². The van der Waals surface area contributed by atoms with Gasteiger partial charge in [-0.2, -0.15) is 0 Å². The highest BCUT2D eigenvalue weighted by molar-refractivity contribution is 7.98. The standard InChI is InChI=1S/C22H25NOS2/c1-25-20-10-6-18(7-11-20)4-3-5-22(23-14-16-24-17-15-23)19-8-12-21(26-2)13-9-19/h3-13H,14-17H2,1-2H3/b4-3+,22-5+. The molecule has 1 aliphatic heterocycles. The van der Waals surface area contributed by atoms with Crippen LogP contribution in [0.5, 0.6) is 0 Å². The lowest BCUT2D eigenvalue weighted by Gasteiger charge is -2.31. The third kappa shape index (κ3) is 5.19. The Hall–Kier alpha value is -1.62. The molecule has 0 bridgehead atoms. The fourth-order valence-corrected chi connectivity index (χ4v) is 3.73. The Morgan fingerprint density at radius 3 is 2.04 bits per heavy atom. The van der Waals surface area contributed by atoms with E-state index in [-0.39, 0.29) is 0 Å². The maximum Gasteiger partial charge on any atom is 0.0642 e. The lowest BCUT2D eigenvalue weighted by Crippen LogP contribution is -2.34. The second-order valence-corrected chi connectivity index (χ2v) is 7.77. The lowest BCUT2D eigenvalue weighted by molar-refractivity contribution is 0.0639. The second kappa shape index (κ2) is 9.91. The van der Waals surface area contributed by atoms with Gasteiger partial charge in [-0.3, -0.25) is 0 Å². The van der Waals surface area contributed by atoms with Gasteiger partial charge in [-0.15, -0.1) is 23.5 Å². The first-order chi connectivity index (χ1) is 12.8. The van der Waals surface area contributed by atoms with Crippen LogP contribution in [0.4, 0.5) is 0 Å². The summed E-state index contributed by atoms with van der Waals surface area (Å²) in [5.74, 6) is 0. The zero-order valence-corrected chi connectivity index (χ0v) is 17.0. The third-order valence-electron chi connectivity index (χ3n) is 4.40. The lowest BCUT2D eigenvalue weighted by atomic mass is 10.1. The summed E-state index contributed by atoms with van der Waals surface area (Å²) in [6.07, 6.45) is 10.8. The third-order valence-corrected chi connectivity index (χ3v) is 5.88. The molecule has 1 fully saturated rings. The van der Waals surface area contributed by atoms with Crippen LogP contribution >= 0.6 is 23.5 Å². The van der Waals surface area contributed by atoms with Crippen molar-refractivity contribution in [2.45, 2.75) is 9.79 Å². The van der Waals surface area contributed by atoms with Gasteiger partial charge in [0.25, 0.3) is 0 Å². The minimum atomic E-state index is 0.792. The zero-order valence-electron chi connectivity index (χ0n) is 15.4. The highest BCUT2D eigenvalue weighted by Crippen LogP contribution is 2.24. The van der Waals surface area contributed by atoms with Crippen molar-refractivity contribution < 1.29 is 4.74 Å². The van der Waals surface area contributed by atoms with Crippen LogP contribution in [-0.4, -0.2) is 43.7 Å². The molecular weight excluding hydrogens is 358 g/mol. The summed E-state index contributed by atoms with van der Waals surface area (Å²) in [4.78, 5) is 5.00. The average Bonchev–Trinajstić information content (AvgIpc) is 2.72. The van der Waals surface area contributed by atoms with Gasteiger partial charge in [-0.25, -0.2) is 0 Å². The number of ether oxygens (including phenoxy) is 1. The van der Waals surface area contributed by atoms with E-state index in [0.717, 1.165) is 26.3 Å².